The van der Waals surface area contributed by atoms with Gasteiger partial charge >= 0.3 is 12.0 Å². The molecular weight excluding hydrogens is 505 g/mol. The number of benzene rings is 1. The van der Waals surface area contributed by atoms with Crippen LogP contribution < -0.4 is 11.1 Å². The number of carboxylic acids is 1. The molecule has 11 heteroatoms. The Morgan fingerprint density at radius 3 is 2.31 bits per heavy atom. The number of pyridine rings is 1. The summed E-state index contributed by atoms with van der Waals surface area (Å²) in [5.74, 6) is -1.09. The van der Waals surface area contributed by atoms with Crippen molar-refractivity contribution in [3.63, 3.8) is 0 Å². The van der Waals surface area contributed by atoms with Gasteiger partial charge in [0.25, 0.3) is 0 Å². The van der Waals surface area contributed by atoms with E-state index in [1.54, 1.807) is 0 Å². The fourth-order valence-electron chi connectivity index (χ4n) is 4.17. The standard InChI is InChI=1S/C25H33N5O4.2ClH/c1-15(2)11-20-19(12-26)23(18-7-5-16(3)6-8-18)24(17(4)27-20)28-25(34)30-10-9-29(14-22(32)33)21(31)13-30;;/h5-8,15H,9-14,26H2,1-4H3,(H,28,34)(H,32,33);2*1H. The Balaban J connectivity index is 0.00000324. The number of hydrogen-bond donors (Lipinski definition) is 3. The van der Waals surface area contributed by atoms with Gasteiger partial charge in [0.2, 0.25) is 5.91 Å². The Morgan fingerprint density at radius 1 is 1.14 bits per heavy atom. The van der Waals surface area contributed by atoms with Gasteiger partial charge in [0.15, 0.2) is 0 Å². The number of amides is 3. The lowest BCUT2D eigenvalue weighted by atomic mass is 9.92. The van der Waals surface area contributed by atoms with Gasteiger partial charge in [-0.3, -0.25) is 14.6 Å². The molecule has 3 rings (SSSR count). The van der Waals surface area contributed by atoms with Gasteiger partial charge < -0.3 is 26.0 Å². The normalized spacial score (nSPS) is 13.2. The molecule has 1 aliphatic heterocycles. The van der Waals surface area contributed by atoms with Crippen molar-refractivity contribution < 1.29 is 19.5 Å². The van der Waals surface area contributed by atoms with Crippen molar-refractivity contribution in [1.29, 1.82) is 0 Å². The lowest BCUT2D eigenvalue weighted by molar-refractivity contribution is -0.146. The van der Waals surface area contributed by atoms with Gasteiger partial charge in [0.05, 0.1) is 11.4 Å². The van der Waals surface area contributed by atoms with E-state index in [-0.39, 0.29) is 57.5 Å². The number of anilines is 1. The van der Waals surface area contributed by atoms with Crippen molar-refractivity contribution in [2.45, 2.75) is 40.7 Å². The first-order chi connectivity index (χ1) is 16.1. The number of nitrogens with two attached hydrogens (primary N) is 1. The predicted molar refractivity (Wildman–Crippen MR) is 145 cm³/mol. The summed E-state index contributed by atoms with van der Waals surface area (Å²) in [5, 5.41) is 11.9. The first kappa shape index (κ1) is 31.2. The Bertz CT molecular complexity index is 1090. The zero-order valence-corrected chi connectivity index (χ0v) is 22.7. The SMILES string of the molecule is Cc1ccc(-c2c(CN)c(CC(C)C)nc(C)c2NC(=O)N2CCN(CC(=O)O)C(=O)C2)cc1.Cl.Cl. The van der Waals surface area contributed by atoms with E-state index in [0.29, 0.717) is 17.3 Å². The van der Waals surface area contributed by atoms with Crippen LogP contribution in [0.2, 0.25) is 0 Å². The average Bonchev–Trinajstić information content (AvgIpc) is 2.76. The molecule has 1 aromatic carbocycles. The summed E-state index contributed by atoms with van der Waals surface area (Å²) in [6, 6.07) is 7.61. The maximum Gasteiger partial charge on any atom is 0.323 e. The summed E-state index contributed by atoms with van der Waals surface area (Å²) in [7, 11) is 0. The molecule has 1 fully saturated rings. The molecule has 198 valence electrons. The Labute approximate surface area is 224 Å². The topological polar surface area (TPSA) is 129 Å². The van der Waals surface area contributed by atoms with Crippen molar-refractivity contribution in [2.75, 3.05) is 31.5 Å². The van der Waals surface area contributed by atoms with Gasteiger partial charge in [0, 0.05) is 30.9 Å². The minimum Gasteiger partial charge on any atom is -0.480 e. The van der Waals surface area contributed by atoms with Crippen LogP contribution in [0.15, 0.2) is 24.3 Å². The highest BCUT2D eigenvalue weighted by atomic mass is 35.5. The number of halogens is 2. The Hall–Kier alpha value is -2.88. The molecule has 2 heterocycles. The third kappa shape index (κ3) is 7.32. The minimum atomic E-state index is -1.08. The van der Waals surface area contributed by atoms with Gasteiger partial charge in [-0.25, -0.2) is 4.79 Å². The van der Waals surface area contributed by atoms with Crippen LogP contribution in [-0.4, -0.2) is 64.0 Å². The number of nitrogens with zero attached hydrogens (tertiary/aromatic N) is 3. The van der Waals surface area contributed by atoms with Gasteiger partial charge in [-0.2, -0.15) is 0 Å². The third-order valence-corrected chi connectivity index (χ3v) is 5.87. The highest BCUT2D eigenvalue weighted by Gasteiger charge is 2.29. The fraction of sp³-hybridized carbons (Fsp3) is 0.440. The molecule has 0 radical (unpaired) electrons. The molecule has 0 unspecified atom stereocenters. The maximum atomic E-state index is 13.2. The van der Waals surface area contributed by atoms with Crippen molar-refractivity contribution in [2.24, 2.45) is 11.7 Å². The number of carboxylic acid groups (broad SMARTS) is 1. The number of aromatic nitrogens is 1. The molecule has 1 aromatic heterocycles. The number of urea groups is 1. The molecule has 0 atom stereocenters. The molecule has 9 nitrogen and oxygen atoms in total. The maximum absolute atomic E-state index is 13.2. The highest BCUT2D eigenvalue weighted by molar-refractivity contribution is 5.98. The van der Waals surface area contributed by atoms with E-state index < -0.39 is 17.9 Å². The second-order valence-electron chi connectivity index (χ2n) is 9.10. The van der Waals surface area contributed by atoms with Gasteiger partial charge in [0.1, 0.15) is 13.1 Å². The van der Waals surface area contributed by atoms with E-state index in [2.05, 4.69) is 19.2 Å². The zero-order chi connectivity index (χ0) is 25.0. The lowest BCUT2D eigenvalue weighted by Gasteiger charge is -2.33. The lowest BCUT2D eigenvalue weighted by Crippen LogP contribution is -2.54. The molecule has 1 aliphatic rings. The molecular formula is C25H35Cl2N5O4. The number of aryl methyl sites for hydroxylation is 2. The van der Waals surface area contributed by atoms with Crippen LogP contribution >= 0.6 is 24.8 Å². The first-order valence-corrected chi connectivity index (χ1v) is 11.5. The number of rotatable bonds is 7. The van der Waals surface area contributed by atoms with Crippen LogP contribution in [0.1, 0.15) is 36.4 Å². The van der Waals surface area contributed by atoms with Gasteiger partial charge in [-0.1, -0.05) is 43.7 Å². The quantitative estimate of drug-likeness (QED) is 0.492. The monoisotopic (exact) mass is 539 g/mol. The summed E-state index contributed by atoms with van der Waals surface area (Å²) in [4.78, 5) is 43.9. The summed E-state index contributed by atoms with van der Waals surface area (Å²) in [5.41, 5.74) is 12.1. The van der Waals surface area contributed by atoms with Crippen LogP contribution in [0, 0.1) is 19.8 Å². The van der Waals surface area contributed by atoms with Gasteiger partial charge in [-0.05, 0) is 37.3 Å². The molecule has 36 heavy (non-hydrogen) atoms. The largest absolute Gasteiger partial charge is 0.480 e. The number of nitrogens with one attached hydrogen (secondary N) is 1. The van der Waals surface area contributed by atoms with E-state index in [1.807, 2.05) is 38.1 Å². The summed E-state index contributed by atoms with van der Waals surface area (Å²) < 4.78 is 0. The van der Waals surface area contributed by atoms with Gasteiger partial charge in [-0.15, -0.1) is 24.8 Å². The van der Waals surface area contributed by atoms with E-state index in [9.17, 15) is 14.4 Å². The second kappa shape index (κ2) is 13.4. The van der Waals surface area contributed by atoms with Crippen molar-refractivity contribution in [3.8, 4) is 11.1 Å². The molecule has 3 amide bonds. The summed E-state index contributed by atoms with van der Waals surface area (Å²) in [6.45, 7) is 8.25. The summed E-state index contributed by atoms with van der Waals surface area (Å²) in [6.07, 6.45) is 0.764. The van der Waals surface area contributed by atoms with E-state index in [4.69, 9.17) is 15.8 Å². The Morgan fingerprint density at radius 2 is 1.78 bits per heavy atom. The number of hydrogen-bond acceptors (Lipinski definition) is 5. The van der Waals surface area contributed by atoms with E-state index >= 15 is 0 Å². The smallest absolute Gasteiger partial charge is 0.323 e. The zero-order valence-electron chi connectivity index (χ0n) is 21.0. The molecule has 4 N–H and O–H groups in total. The van der Waals surface area contributed by atoms with Crippen molar-refractivity contribution >= 4 is 48.4 Å². The molecule has 1 saturated heterocycles. The number of carbonyl (C=O) groups excluding carboxylic acids is 2. The molecule has 0 saturated carbocycles. The molecule has 0 spiro atoms. The summed E-state index contributed by atoms with van der Waals surface area (Å²) >= 11 is 0. The van der Waals surface area contributed by atoms with Crippen LogP contribution in [0.5, 0.6) is 0 Å². The van der Waals surface area contributed by atoms with Crippen LogP contribution in [0.4, 0.5) is 10.5 Å². The van der Waals surface area contributed by atoms with Crippen molar-refractivity contribution in [1.82, 2.24) is 14.8 Å². The van der Waals surface area contributed by atoms with Crippen molar-refractivity contribution in [3.05, 3.63) is 46.8 Å². The minimum absolute atomic E-state index is 0. The van der Waals surface area contributed by atoms with E-state index in [1.165, 1.54) is 9.80 Å². The third-order valence-electron chi connectivity index (χ3n) is 5.87. The number of carbonyl (C=O) groups is 3. The molecule has 2 aromatic rings. The van der Waals surface area contributed by atoms with Crippen LogP contribution in [-0.2, 0) is 22.6 Å². The molecule has 0 aliphatic carbocycles. The van der Waals surface area contributed by atoms with Crippen LogP contribution in [0.25, 0.3) is 11.1 Å². The fourth-order valence-corrected chi connectivity index (χ4v) is 4.17. The molecule has 0 bridgehead atoms. The average molecular weight is 540 g/mol. The second-order valence-corrected chi connectivity index (χ2v) is 9.10. The predicted octanol–water partition coefficient (Wildman–Crippen LogP) is 3.63. The highest BCUT2D eigenvalue weighted by Crippen LogP contribution is 2.36. The van der Waals surface area contributed by atoms with Crippen LogP contribution in [0.3, 0.4) is 0 Å². The first-order valence-electron chi connectivity index (χ1n) is 11.5. The Kier molecular flexibility index (Phi) is 11.6. The van der Waals surface area contributed by atoms with E-state index in [0.717, 1.165) is 34.4 Å². The number of aliphatic carboxylic acids is 1. The number of piperazine rings is 1.